The first kappa shape index (κ1) is 14.3. The summed E-state index contributed by atoms with van der Waals surface area (Å²) >= 11 is 2.11. The molecule has 0 aromatic heterocycles. The Balaban J connectivity index is 2.21. The largest absolute Gasteiger partial charge is 0.312 e. The Hall–Kier alpha value is 0.270. The van der Waals surface area contributed by atoms with Crippen LogP contribution in [0.5, 0.6) is 0 Å². The van der Waals surface area contributed by atoms with Gasteiger partial charge in [0.1, 0.15) is 0 Å². The van der Waals surface area contributed by atoms with Gasteiger partial charge in [-0.05, 0) is 40.7 Å². The maximum absolute atomic E-state index is 3.57. The van der Waals surface area contributed by atoms with Crippen LogP contribution in [0.15, 0.2) is 0 Å². The molecule has 2 atom stereocenters. The second kappa shape index (κ2) is 6.27. The Bertz CT molecular complexity index is 201. The normalized spacial score (nSPS) is 25.7. The van der Waals surface area contributed by atoms with Crippen molar-refractivity contribution in [2.75, 3.05) is 25.4 Å². The number of hydrogen-bond acceptors (Lipinski definition) is 3. The van der Waals surface area contributed by atoms with Crippen molar-refractivity contribution >= 4 is 11.8 Å². The number of nitrogens with one attached hydrogen (secondary N) is 1. The molecule has 1 rings (SSSR count). The van der Waals surface area contributed by atoms with E-state index in [0.717, 1.165) is 17.8 Å². The highest BCUT2D eigenvalue weighted by Gasteiger charge is 2.21. The fourth-order valence-corrected chi connectivity index (χ4v) is 3.12. The van der Waals surface area contributed by atoms with E-state index in [4.69, 9.17) is 0 Å². The summed E-state index contributed by atoms with van der Waals surface area (Å²) in [5.74, 6) is 1.30. The van der Waals surface area contributed by atoms with Crippen molar-refractivity contribution < 1.29 is 0 Å². The summed E-state index contributed by atoms with van der Waals surface area (Å²) in [6.07, 6.45) is 1.26. The van der Waals surface area contributed by atoms with Gasteiger partial charge in [0, 0.05) is 35.7 Å². The third-order valence-electron chi connectivity index (χ3n) is 3.11. The van der Waals surface area contributed by atoms with Crippen LogP contribution in [0.2, 0.25) is 0 Å². The van der Waals surface area contributed by atoms with Crippen molar-refractivity contribution in [1.29, 1.82) is 0 Å². The van der Waals surface area contributed by atoms with Crippen LogP contribution < -0.4 is 5.32 Å². The molecule has 16 heavy (non-hydrogen) atoms. The zero-order valence-corrected chi connectivity index (χ0v) is 12.4. The molecule has 0 aliphatic carbocycles. The Kier molecular flexibility index (Phi) is 5.62. The predicted octanol–water partition coefficient (Wildman–Crippen LogP) is 2.59. The molecule has 1 saturated heterocycles. The van der Waals surface area contributed by atoms with E-state index in [1.54, 1.807) is 0 Å². The highest BCUT2D eigenvalue weighted by molar-refractivity contribution is 7.99. The Morgan fingerprint density at radius 3 is 2.69 bits per heavy atom. The molecule has 96 valence electrons. The van der Waals surface area contributed by atoms with Crippen LogP contribution in [0.25, 0.3) is 0 Å². The van der Waals surface area contributed by atoms with Crippen molar-refractivity contribution in [2.24, 2.45) is 0 Å². The molecule has 0 amide bonds. The minimum Gasteiger partial charge on any atom is -0.312 e. The van der Waals surface area contributed by atoms with Crippen molar-refractivity contribution in [3.63, 3.8) is 0 Å². The van der Waals surface area contributed by atoms with Crippen LogP contribution in [-0.2, 0) is 0 Å². The molecular weight excluding hydrogens is 216 g/mol. The summed E-state index contributed by atoms with van der Waals surface area (Å²) in [5, 5.41) is 4.38. The first-order valence-corrected chi connectivity index (χ1v) is 7.54. The number of rotatable bonds is 4. The van der Waals surface area contributed by atoms with Crippen molar-refractivity contribution in [2.45, 2.75) is 57.9 Å². The quantitative estimate of drug-likeness (QED) is 0.818. The maximum Gasteiger partial charge on any atom is 0.0147 e. The van der Waals surface area contributed by atoms with E-state index in [2.05, 4.69) is 56.6 Å². The van der Waals surface area contributed by atoms with Gasteiger partial charge in [-0.25, -0.2) is 0 Å². The molecule has 1 heterocycles. The van der Waals surface area contributed by atoms with E-state index in [9.17, 15) is 0 Å². The summed E-state index contributed by atoms with van der Waals surface area (Å²) in [4.78, 5) is 2.64. The van der Waals surface area contributed by atoms with Crippen molar-refractivity contribution in [3.05, 3.63) is 0 Å². The number of nitrogens with zero attached hydrogens (tertiary/aromatic N) is 1. The summed E-state index contributed by atoms with van der Waals surface area (Å²) in [7, 11) is 0. The van der Waals surface area contributed by atoms with Gasteiger partial charge in [-0.2, -0.15) is 11.8 Å². The lowest BCUT2D eigenvalue weighted by molar-refractivity contribution is 0.204. The van der Waals surface area contributed by atoms with Crippen LogP contribution in [0, 0.1) is 0 Å². The number of hydrogen-bond donors (Lipinski definition) is 1. The van der Waals surface area contributed by atoms with Crippen LogP contribution in [-0.4, -0.2) is 47.1 Å². The molecule has 1 aliphatic heterocycles. The second-order valence-electron chi connectivity index (χ2n) is 5.99. The van der Waals surface area contributed by atoms with Gasteiger partial charge in [0.2, 0.25) is 0 Å². The van der Waals surface area contributed by atoms with Gasteiger partial charge in [0.25, 0.3) is 0 Å². The molecule has 0 aromatic carbocycles. The molecule has 3 heteroatoms. The van der Waals surface area contributed by atoms with Gasteiger partial charge in [0.15, 0.2) is 0 Å². The van der Waals surface area contributed by atoms with Crippen molar-refractivity contribution in [1.82, 2.24) is 10.2 Å². The lowest BCUT2D eigenvalue weighted by Crippen LogP contribution is -2.45. The zero-order valence-electron chi connectivity index (χ0n) is 11.5. The van der Waals surface area contributed by atoms with E-state index >= 15 is 0 Å². The lowest BCUT2D eigenvalue weighted by Gasteiger charge is -2.35. The van der Waals surface area contributed by atoms with E-state index in [1.807, 2.05) is 0 Å². The molecule has 0 spiro atoms. The molecule has 1 N–H and O–H groups in total. The molecular formula is C13H28N2S. The summed E-state index contributed by atoms with van der Waals surface area (Å²) in [6, 6.07) is 0.721. The molecule has 1 fully saturated rings. The fourth-order valence-electron chi connectivity index (χ4n) is 2.08. The summed E-state index contributed by atoms with van der Waals surface area (Å²) < 4.78 is 0. The Labute approximate surface area is 106 Å². The first-order chi connectivity index (χ1) is 7.38. The first-order valence-electron chi connectivity index (χ1n) is 6.49. The van der Waals surface area contributed by atoms with Crippen LogP contribution in [0.3, 0.4) is 0 Å². The van der Waals surface area contributed by atoms with Gasteiger partial charge >= 0.3 is 0 Å². The second-order valence-corrected chi connectivity index (χ2v) is 7.54. The van der Waals surface area contributed by atoms with E-state index in [-0.39, 0.29) is 5.54 Å². The highest BCUT2D eigenvalue weighted by Crippen LogP contribution is 2.20. The SMILES string of the molecule is CC1CN(C(C)CCNC(C)(C)C)CCS1. The smallest absolute Gasteiger partial charge is 0.0147 e. The topological polar surface area (TPSA) is 15.3 Å². The molecule has 0 aromatic rings. The maximum atomic E-state index is 3.57. The Morgan fingerprint density at radius 2 is 2.12 bits per heavy atom. The third kappa shape index (κ3) is 5.55. The van der Waals surface area contributed by atoms with Gasteiger partial charge in [-0.1, -0.05) is 6.92 Å². The summed E-state index contributed by atoms with van der Waals surface area (Å²) in [5.41, 5.74) is 0.255. The minimum atomic E-state index is 0.255. The monoisotopic (exact) mass is 244 g/mol. The van der Waals surface area contributed by atoms with Crippen molar-refractivity contribution in [3.8, 4) is 0 Å². The van der Waals surface area contributed by atoms with Crippen LogP contribution in [0.4, 0.5) is 0 Å². The molecule has 0 radical (unpaired) electrons. The summed E-state index contributed by atoms with van der Waals surface area (Å²) in [6.45, 7) is 15.1. The van der Waals surface area contributed by atoms with Crippen LogP contribution in [0.1, 0.15) is 41.0 Å². The molecule has 1 aliphatic rings. The lowest BCUT2D eigenvalue weighted by atomic mass is 10.1. The third-order valence-corrected chi connectivity index (χ3v) is 4.25. The predicted molar refractivity (Wildman–Crippen MR) is 75.3 cm³/mol. The van der Waals surface area contributed by atoms with E-state index in [0.29, 0.717) is 0 Å². The molecule has 2 nitrogen and oxygen atoms in total. The standard InChI is InChI=1S/C13H28N2S/c1-11(6-7-14-13(3,4)5)15-8-9-16-12(2)10-15/h11-12,14H,6-10H2,1-5H3. The molecule has 2 unspecified atom stereocenters. The van der Waals surface area contributed by atoms with E-state index < -0.39 is 0 Å². The van der Waals surface area contributed by atoms with Gasteiger partial charge < -0.3 is 5.32 Å². The van der Waals surface area contributed by atoms with Gasteiger partial charge in [-0.3, -0.25) is 4.90 Å². The zero-order chi connectivity index (χ0) is 12.2. The van der Waals surface area contributed by atoms with Gasteiger partial charge in [-0.15, -0.1) is 0 Å². The van der Waals surface area contributed by atoms with E-state index in [1.165, 1.54) is 25.3 Å². The molecule has 0 saturated carbocycles. The fraction of sp³-hybridized carbons (Fsp3) is 1.00. The average Bonchev–Trinajstić information content (AvgIpc) is 2.15. The average molecular weight is 244 g/mol. The Morgan fingerprint density at radius 1 is 1.44 bits per heavy atom. The molecule has 0 bridgehead atoms. The minimum absolute atomic E-state index is 0.255. The highest BCUT2D eigenvalue weighted by atomic mass is 32.2. The number of thioether (sulfide) groups is 1. The van der Waals surface area contributed by atoms with Crippen LogP contribution >= 0.6 is 11.8 Å². The van der Waals surface area contributed by atoms with Gasteiger partial charge in [0.05, 0.1) is 0 Å².